The van der Waals surface area contributed by atoms with Crippen LogP contribution in [0.15, 0.2) is 212 Å². The zero-order valence-corrected chi connectivity index (χ0v) is 41.0. The molecular formula is C61H58O14. The molecule has 7 aromatic carbocycles. The predicted octanol–water partition coefficient (Wildman–Crippen LogP) is 9.09. The number of aliphatic hydroxyl groups excluding tert-OH is 1. The molecule has 14 nitrogen and oxygen atoms in total. The van der Waals surface area contributed by atoms with Crippen molar-refractivity contribution >= 4 is 17.9 Å². The van der Waals surface area contributed by atoms with Gasteiger partial charge in [-0.3, -0.25) is 0 Å². The summed E-state index contributed by atoms with van der Waals surface area (Å²) in [6.07, 6.45) is -12.8. The van der Waals surface area contributed by atoms with Crippen molar-refractivity contribution < 1.29 is 66.9 Å². The molecule has 0 aromatic heterocycles. The second kappa shape index (κ2) is 26.7. The summed E-state index contributed by atoms with van der Waals surface area (Å²) in [5.41, 5.74) is 4.13. The Kier molecular flexibility index (Phi) is 18.7. The molecule has 1 N–H and O–H groups in total. The quantitative estimate of drug-likeness (QED) is 0.0477. The van der Waals surface area contributed by atoms with Crippen LogP contribution in [0.1, 0.15) is 53.3 Å². The van der Waals surface area contributed by atoms with E-state index in [1.54, 1.807) is 66.7 Å². The monoisotopic (exact) mass is 1010 g/mol. The zero-order valence-electron chi connectivity index (χ0n) is 41.0. The third-order valence-electron chi connectivity index (χ3n) is 12.6. The lowest BCUT2D eigenvalue weighted by Crippen LogP contribution is -2.62. The average molecular weight is 1020 g/mol. The van der Waals surface area contributed by atoms with Gasteiger partial charge in [0.05, 0.1) is 56.3 Å². The van der Waals surface area contributed by atoms with Gasteiger partial charge in [0.25, 0.3) is 0 Å². The average Bonchev–Trinajstić information content (AvgIpc) is 3.82. The fourth-order valence-electron chi connectivity index (χ4n) is 8.78. The fourth-order valence-corrected chi connectivity index (χ4v) is 8.78. The van der Waals surface area contributed by atoms with Crippen molar-refractivity contribution in [2.24, 2.45) is 0 Å². The molecule has 9 rings (SSSR count). The van der Waals surface area contributed by atoms with E-state index in [0.29, 0.717) is 6.61 Å². The Hall–Kier alpha value is -7.37. The van der Waals surface area contributed by atoms with Crippen molar-refractivity contribution in [3.05, 3.63) is 251 Å². The number of hydrogen-bond acceptors (Lipinski definition) is 14. The molecule has 2 aliphatic heterocycles. The van der Waals surface area contributed by atoms with Crippen LogP contribution in [-0.2, 0) is 73.8 Å². The lowest BCUT2D eigenvalue weighted by Gasteiger charge is -2.43. The molecule has 386 valence electrons. The molecule has 0 unspecified atom stereocenters. The van der Waals surface area contributed by atoms with E-state index in [0.717, 1.165) is 22.3 Å². The van der Waals surface area contributed by atoms with Gasteiger partial charge in [0.2, 0.25) is 0 Å². The highest BCUT2D eigenvalue weighted by atomic mass is 16.7. The van der Waals surface area contributed by atoms with Crippen LogP contribution >= 0.6 is 0 Å². The first kappa shape index (κ1) is 52.5. The minimum atomic E-state index is -1.92. The molecule has 10 atom stereocenters. The molecule has 75 heavy (non-hydrogen) atoms. The normalized spacial score (nSPS) is 22.7. The van der Waals surface area contributed by atoms with Gasteiger partial charge in [-0.1, -0.05) is 176 Å². The Bertz CT molecular complexity index is 2810. The Balaban J connectivity index is 1.05. The molecule has 7 aromatic rings. The molecule has 0 amide bonds. The second-order valence-electron chi connectivity index (χ2n) is 17.9. The summed E-state index contributed by atoms with van der Waals surface area (Å²) in [7, 11) is 0. The maximum Gasteiger partial charge on any atom is 0.338 e. The Morgan fingerprint density at radius 2 is 0.800 bits per heavy atom. The lowest BCUT2D eigenvalue weighted by atomic mass is 9.97. The van der Waals surface area contributed by atoms with Crippen LogP contribution in [0.2, 0.25) is 0 Å². The first-order valence-corrected chi connectivity index (χ1v) is 24.8. The molecule has 14 heteroatoms. The minimum absolute atomic E-state index is 0.0860. The topological polar surface area (TPSA) is 164 Å². The van der Waals surface area contributed by atoms with Crippen LogP contribution in [-0.4, -0.2) is 97.6 Å². The van der Waals surface area contributed by atoms with E-state index in [2.05, 4.69) is 0 Å². The number of carbonyl (C=O) groups excluding carboxylic acids is 3. The Morgan fingerprint density at radius 3 is 1.27 bits per heavy atom. The van der Waals surface area contributed by atoms with Gasteiger partial charge in [-0.05, 0) is 58.7 Å². The second-order valence-corrected chi connectivity index (χ2v) is 17.9. The number of esters is 3. The maximum absolute atomic E-state index is 14.1. The molecule has 2 saturated heterocycles. The van der Waals surface area contributed by atoms with Crippen molar-refractivity contribution in [1.29, 1.82) is 0 Å². The van der Waals surface area contributed by atoms with Crippen molar-refractivity contribution in [3.8, 4) is 0 Å². The summed E-state index contributed by atoms with van der Waals surface area (Å²) in [6, 6.07) is 63.2. The van der Waals surface area contributed by atoms with Crippen molar-refractivity contribution in [1.82, 2.24) is 0 Å². The summed E-state index contributed by atoms with van der Waals surface area (Å²) >= 11 is 0. The highest BCUT2D eigenvalue weighted by Gasteiger charge is 2.55. The van der Waals surface area contributed by atoms with E-state index >= 15 is 0 Å². The van der Waals surface area contributed by atoms with E-state index in [9.17, 15) is 19.5 Å². The smallest absolute Gasteiger partial charge is 0.338 e. The van der Waals surface area contributed by atoms with Crippen molar-refractivity contribution in [3.63, 3.8) is 0 Å². The highest BCUT2D eigenvalue weighted by molar-refractivity contribution is 5.91. The van der Waals surface area contributed by atoms with Crippen LogP contribution in [0.5, 0.6) is 0 Å². The zero-order chi connectivity index (χ0) is 51.6. The predicted molar refractivity (Wildman–Crippen MR) is 274 cm³/mol. The summed E-state index contributed by atoms with van der Waals surface area (Å²) in [5, 5.41) is 11.9. The molecule has 2 aliphatic rings. The van der Waals surface area contributed by atoms with Crippen molar-refractivity contribution in [2.75, 3.05) is 13.2 Å². The van der Waals surface area contributed by atoms with Crippen LogP contribution in [0.25, 0.3) is 0 Å². The SMILES string of the molecule is O=C(O[C@@H]1[C@@H](OC(=O)c2ccccc2)[C@@H](O)O[C@H](CO[C@H]2O[C@@H]([C@@H](COCc3ccccc3)OCc3ccccc3)[C@H](OCc3ccccc3)[C@H]2OCc2ccccc2)[C@H]1OC(=O)c1ccccc1)c1ccccc1. The number of carbonyl (C=O) groups is 3. The number of aliphatic hydroxyl groups is 1. The summed E-state index contributed by atoms with van der Waals surface area (Å²) in [6.45, 7) is 0.457. The first-order chi connectivity index (χ1) is 36.9. The first-order valence-electron chi connectivity index (χ1n) is 24.8. The molecule has 0 radical (unpaired) electrons. The Morgan fingerprint density at radius 1 is 0.413 bits per heavy atom. The number of benzene rings is 7. The molecule has 2 heterocycles. The van der Waals surface area contributed by atoms with Gasteiger partial charge < -0.3 is 52.5 Å². The minimum Gasteiger partial charge on any atom is -0.452 e. The van der Waals surface area contributed by atoms with E-state index in [4.69, 9.17) is 47.4 Å². The summed E-state index contributed by atoms with van der Waals surface area (Å²) < 4.78 is 64.9. The van der Waals surface area contributed by atoms with Gasteiger partial charge in [-0.15, -0.1) is 0 Å². The van der Waals surface area contributed by atoms with Crippen LogP contribution in [0.3, 0.4) is 0 Å². The molecule has 0 saturated carbocycles. The molecule has 0 bridgehead atoms. The van der Waals surface area contributed by atoms with E-state index in [1.165, 1.54) is 24.3 Å². The Labute approximate surface area is 435 Å². The lowest BCUT2D eigenvalue weighted by molar-refractivity contribution is -0.297. The highest BCUT2D eigenvalue weighted by Crippen LogP contribution is 2.35. The summed E-state index contributed by atoms with van der Waals surface area (Å²) in [5.74, 6) is -2.51. The van der Waals surface area contributed by atoms with Gasteiger partial charge in [0.1, 0.15) is 30.5 Å². The maximum atomic E-state index is 14.1. The third kappa shape index (κ3) is 14.5. The van der Waals surface area contributed by atoms with E-state index < -0.39 is 85.9 Å². The van der Waals surface area contributed by atoms with Gasteiger partial charge in [0.15, 0.2) is 30.9 Å². The fraction of sp³-hybridized carbons (Fsp3) is 0.262. The van der Waals surface area contributed by atoms with Crippen LogP contribution in [0, 0.1) is 0 Å². The van der Waals surface area contributed by atoms with Crippen molar-refractivity contribution in [2.45, 2.75) is 87.8 Å². The molecular weight excluding hydrogens is 957 g/mol. The van der Waals surface area contributed by atoms with Gasteiger partial charge in [0, 0.05) is 0 Å². The molecule has 0 aliphatic carbocycles. The standard InChI is InChI=1S/C61H58O14/c62-57(46-30-16-5-17-31-46)72-52-50(71-60(65)55(74-59(64)48-34-20-7-21-35-48)54(52)73-58(63)47-32-18-6-19-33-47)41-70-61-56(69-39-45-28-14-4-15-29-45)53(68-38-44-26-12-3-13-27-44)51(75-61)49(67-37-43-24-10-2-11-25-43)40-66-36-42-22-8-1-9-23-42/h1-35,49-56,60-61,65H,36-41H2/t49-,50-,51+,52-,53+,54+,55-,56-,60+,61+/m1/s1. The van der Waals surface area contributed by atoms with Crippen LogP contribution < -0.4 is 0 Å². The molecule has 2 fully saturated rings. The van der Waals surface area contributed by atoms with E-state index in [-0.39, 0.29) is 43.1 Å². The third-order valence-corrected chi connectivity index (χ3v) is 12.6. The molecule has 0 spiro atoms. The van der Waals surface area contributed by atoms with E-state index in [1.807, 2.05) is 121 Å². The number of ether oxygens (including phenoxy) is 10. The van der Waals surface area contributed by atoms with Gasteiger partial charge in [-0.25, -0.2) is 14.4 Å². The van der Waals surface area contributed by atoms with Gasteiger partial charge >= 0.3 is 17.9 Å². The number of hydrogen-bond donors (Lipinski definition) is 1. The summed E-state index contributed by atoms with van der Waals surface area (Å²) in [4.78, 5) is 41.8. The van der Waals surface area contributed by atoms with Gasteiger partial charge in [-0.2, -0.15) is 0 Å². The largest absolute Gasteiger partial charge is 0.452 e. The van der Waals surface area contributed by atoms with Crippen LogP contribution in [0.4, 0.5) is 0 Å². The number of rotatable bonds is 23.